The Morgan fingerprint density at radius 1 is 1.38 bits per heavy atom. The van der Waals surface area contributed by atoms with E-state index in [9.17, 15) is 5.11 Å². The molecule has 2 heteroatoms. The van der Waals surface area contributed by atoms with E-state index in [1.54, 1.807) is 0 Å². The fourth-order valence-electron chi connectivity index (χ4n) is 2.10. The number of aliphatic hydroxyl groups is 1. The molecule has 0 aromatic heterocycles. The van der Waals surface area contributed by atoms with Crippen LogP contribution in [0.5, 0.6) is 0 Å². The number of β-amino-alcohol motifs (C(OH)–C–C–N with tert-alkyl or cyclic N) is 1. The summed E-state index contributed by atoms with van der Waals surface area (Å²) >= 11 is 0. The van der Waals surface area contributed by atoms with Crippen molar-refractivity contribution in [2.45, 2.75) is 18.9 Å². The Bertz CT molecular complexity index is 356. The van der Waals surface area contributed by atoms with Gasteiger partial charge in [-0.3, -0.25) is 4.90 Å². The van der Waals surface area contributed by atoms with Crippen LogP contribution >= 0.6 is 0 Å². The molecule has 0 spiro atoms. The first kappa shape index (κ1) is 11.4. The van der Waals surface area contributed by atoms with Crippen LogP contribution in [0.4, 0.5) is 0 Å². The Morgan fingerprint density at radius 3 is 2.75 bits per heavy atom. The van der Waals surface area contributed by atoms with Crippen molar-refractivity contribution in [3.05, 3.63) is 42.0 Å². The topological polar surface area (TPSA) is 23.5 Å². The van der Waals surface area contributed by atoms with Crippen LogP contribution in [0.2, 0.25) is 0 Å². The van der Waals surface area contributed by atoms with E-state index < -0.39 is 5.60 Å². The molecule has 16 heavy (non-hydrogen) atoms. The Kier molecular flexibility index (Phi) is 3.42. The standard InChI is InChI=1S/C14H19NO/c1-14(16)9-11-15(12-14)10-5-8-13-6-3-2-4-7-13/h2-8,16H,9-12H2,1H3/b8-5+. The summed E-state index contributed by atoms with van der Waals surface area (Å²) in [5.41, 5.74) is 0.745. The maximum absolute atomic E-state index is 9.82. The SMILES string of the molecule is CC1(O)CCN(C/C=C/c2ccccc2)C1. The first-order valence-corrected chi connectivity index (χ1v) is 5.82. The van der Waals surface area contributed by atoms with E-state index in [1.165, 1.54) is 5.56 Å². The van der Waals surface area contributed by atoms with Crippen LogP contribution in [0.1, 0.15) is 18.9 Å². The third-order valence-electron chi connectivity index (χ3n) is 3.00. The molecule has 86 valence electrons. The Hall–Kier alpha value is -1.12. The average molecular weight is 217 g/mol. The lowest BCUT2D eigenvalue weighted by Gasteiger charge is -2.17. The monoisotopic (exact) mass is 217 g/mol. The first-order chi connectivity index (χ1) is 7.66. The highest BCUT2D eigenvalue weighted by atomic mass is 16.3. The van der Waals surface area contributed by atoms with Gasteiger partial charge in [0.1, 0.15) is 0 Å². The summed E-state index contributed by atoms with van der Waals surface area (Å²) in [7, 11) is 0. The lowest BCUT2D eigenvalue weighted by molar-refractivity contribution is 0.0703. The van der Waals surface area contributed by atoms with E-state index in [2.05, 4.69) is 29.2 Å². The molecule has 1 aromatic rings. The molecule has 0 radical (unpaired) electrons. The molecule has 2 nitrogen and oxygen atoms in total. The van der Waals surface area contributed by atoms with Crippen LogP contribution in [0, 0.1) is 0 Å². The molecule has 2 rings (SSSR count). The molecule has 0 saturated carbocycles. The van der Waals surface area contributed by atoms with E-state index in [0.29, 0.717) is 0 Å². The zero-order valence-electron chi connectivity index (χ0n) is 9.76. The van der Waals surface area contributed by atoms with Gasteiger partial charge < -0.3 is 5.11 Å². The maximum atomic E-state index is 9.82. The zero-order chi connectivity index (χ0) is 11.4. The fraction of sp³-hybridized carbons (Fsp3) is 0.429. The van der Waals surface area contributed by atoms with Crippen molar-refractivity contribution in [1.29, 1.82) is 0 Å². The fourth-order valence-corrected chi connectivity index (χ4v) is 2.10. The molecular formula is C14H19NO. The van der Waals surface area contributed by atoms with Crippen molar-refractivity contribution in [3.8, 4) is 0 Å². The lowest BCUT2D eigenvalue weighted by Crippen LogP contribution is -2.29. The van der Waals surface area contributed by atoms with Gasteiger partial charge in [0.15, 0.2) is 0 Å². The molecule has 1 unspecified atom stereocenters. The second-order valence-corrected chi connectivity index (χ2v) is 4.80. The van der Waals surface area contributed by atoms with E-state index in [-0.39, 0.29) is 0 Å². The number of rotatable bonds is 3. The van der Waals surface area contributed by atoms with E-state index in [0.717, 1.165) is 26.1 Å². The van der Waals surface area contributed by atoms with Gasteiger partial charge in [-0.2, -0.15) is 0 Å². The van der Waals surface area contributed by atoms with Gasteiger partial charge >= 0.3 is 0 Å². The van der Waals surface area contributed by atoms with Gasteiger partial charge in [-0.15, -0.1) is 0 Å². The average Bonchev–Trinajstić information content (AvgIpc) is 2.60. The van der Waals surface area contributed by atoms with Gasteiger partial charge in [0.2, 0.25) is 0 Å². The van der Waals surface area contributed by atoms with Crippen LogP contribution in [0.15, 0.2) is 36.4 Å². The Balaban J connectivity index is 1.82. The molecule has 0 bridgehead atoms. The molecule has 1 N–H and O–H groups in total. The van der Waals surface area contributed by atoms with Gasteiger partial charge in [0.05, 0.1) is 5.60 Å². The third-order valence-corrected chi connectivity index (χ3v) is 3.00. The van der Waals surface area contributed by atoms with Gasteiger partial charge in [0.25, 0.3) is 0 Å². The summed E-state index contributed by atoms with van der Waals surface area (Å²) in [6, 6.07) is 10.3. The molecule has 1 atom stereocenters. The van der Waals surface area contributed by atoms with Crippen molar-refractivity contribution in [1.82, 2.24) is 4.90 Å². The first-order valence-electron chi connectivity index (χ1n) is 5.82. The van der Waals surface area contributed by atoms with Gasteiger partial charge in [-0.05, 0) is 18.9 Å². The molecular weight excluding hydrogens is 198 g/mol. The minimum absolute atomic E-state index is 0.486. The van der Waals surface area contributed by atoms with E-state index >= 15 is 0 Å². The van der Waals surface area contributed by atoms with Crippen molar-refractivity contribution in [2.75, 3.05) is 19.6 Å². The van der Waals surface area contributed by atoms with Crippen LogP contribution < -0.4 is 0 Å². The minimum atomic E-state index is -0.486. The summed E-state index contributed by atoms with van der Waals surface area (Å²) in [4.78, 5) is 2.28. The lowest BCUT2D eigenvalue weighted by atomic mass is 10.1. The van der Waals surface area contributed by atoms with Crippen LogP contribution in [0.25, 0.3) is 6.08 Å². The van der Waals surface area contributed by atoms with Crippen molar-refractivity contribution < 1.29 is 5.11 Å². The van der Waals surface area contributed by atoms with Crippen LogP contribution in [-0.4, -0.2) is 35.2 Å². The number of nitrogens with zero attached hydrogens (tertiary/aromatic N) is 1. The van der Waals surface area contributed by atoms with Gasteiger partial charge in [-0.1, -0.05) is 42.5 Å². The quantitative estimate of drug-likeness (QED) is 0.838. The number of likely N-dealkylation sites (tertiary alicyclic amines) is 1. The number of benzene rings is 1. The highest BCUT2D eigenvalue weighted by Crippen LogP contribution is 2.19. The van der Waals surface area contributed by atoms with Crippen molar-refractivity contribution >= 4 is 6.08 Å². The van der Waals surface area contributed by atoms with E-state index in [1.807, 2.05) is 25.1 Å². The summed E-state index contributed by atoms with van der Waals surface area (Å²) in [5, 5.41) is 9.82. The van der Waals surface area contributed by atoms with E-state index in [4.69, 9.17) is 0 Å². The predicted octanol–water partition coefficient (Wildman–Crippen LogP) is 2.16. The molecule has 1 saturated heterocycles. The molecule has 1 aliphatic heterocycles. The molecule has 1 fully saturated rings. The molecule has 0 amide bonds. The summed E-state index contributed by atoms with van der Waals surface area (Å²) in [6.45, 7) is 4.61. The van der Waals surface area contributed by atoms with Gasteiger partial charge in [0, 0.05) is 19.6 Å². The second-order valence-electron chi connectivity index (χ2n) is 4.80. The molecule has 1 aromatic carbocycles. The summed E-state index contributed by atoms with van der Waals surface area (Å²) < 4.78 is 0. The minimum Gasteiger partial charge on any atom is -0.389 e. The summed E-state index contributed by atoms with van der Waals surface area (Å²) in [6.07, 6.45) is 5.18. The largest absolute Gasteiger partial charge is 0.389 e. The highest BCUT2D eigenvalue weighted by molar-refractivity contribution is 5.48. The van der Waals surface area contributed by atoms with Crippen LogP contribution in [0.3, 0.4) is 0 Å². The smallest absolute Gasteiger partial charge is 0.0758 e. The maximum Gasteiger partial charge on any atom is 0.0758 e. The normalized spacial score (nSPS) is 26.6. The molecule has 0 aliphatic carbocycles. The van der Waals surface area contributed by atoms with Crippen LogP contribution in [-0.2, 0) is 0 Å². The summed E-state index contributed by atoms with van der Waals surface area (Å²) in [5.74, 6) is 0. The van der Waals surface area contributed by atoms with Crippen molar-refractivity contribution in [2.24, 2.45) is 0 Å². The van der Waals surface area contributed by atoms with Crippen molar-refractivity contribution in [3.63, 3.8) is 0 Å². The molecule has 1 aliphatic rings. The molecule has 1 heterocycles. The number of hydrogen-bond donors (Lipinski definition) is 1. The second kappa shape index (κ2) is 4.81. The Morgan fingerprint density at radius 2 is 2.12 bits per heavy atom. The highest BCUT2D eigenvalue weighted by Gasteiger charge is 2.30. The zero-order valence-corrected chi connectivity index (χ0v) is 9.76. The third kappa shape index (κ3) is 3.19. The van der Waals surface area contributed by atoms with Gasteiger partial charge in [-0.25, -0.2) is 0 Å². The number of hydrogen-bond acceptors (Lipinski definition) is 2. The Labute approximate surface area is 97.2 Å². The predicted molar refractivity (Wildman–Crippen MR) is 67.2 cm³/mol.